The predicted molar refractivity (Wildman–Crippen MR) is 143 cm³/mol. The molecule has 5 atom stereocenters. The van der Waals surface area contributed by atoms with Gasteiger partial charge in [0.05, 0.1) is 30.2 Å². The lowest BCUT2D eigenvalue weighted by atomic mass is 9.73. The Morgan fingerprint density at radius 3 is 2.46 bits per heavy atom. The third-order valence-corrected chi connectivity index (χ3v) is 8.27. The van der Waals surface area contributed by atoms with Crippen LogP contribution < -0.4 is 15.0 Å². The van der Waals surface area contributed by atoms with Crippen molar-refractivity contribution in [3.8, 4) is 5.75 Å². The zero-order chi connectivity index (χ0) is 27.1. The molecule has 8 nitrogen and oxygen atoms in total. The third-order valence-electron chi connectivity index (χ3n) is 8.27. The van der Waals surface area contributed by atoms with E-state index in [9.17, 15) is 19.2 Å². The van der Waals surface area contributed by atoms with Gasteiger partial charge in [0.15, 0.2) is 6.61 Å². The van der Waals surface area contributed by atoms with E-state index in [1.807, 2.05) is 18.2 Å². The maximum absolute atomic E-state index is 13.6. The number of esters is 1. The summed E-state index contributed by atoms with van der Waals surface area (Å²) in [5.74, 6) is -1.07. The van der Waals surface area contributed by atoms with Crippen LogP contribution in [0, 0.1) is 23.7 Å². The Morgan fingerprint density at radius 2 is 1.67 bits per heavy atom. The fraction of sp³-hybridized carbons (Fsp3) is 0.290. The van der Waals surface area contributed by atoms with Gasteiger partial charge in [-0.15, -0.1) is 0 Å². The first kappa shape index (κ1) is 24.9. The number of methoxy groups -OCH3 is 1. The molecule has 39 heavy (non-hydrogen) atoms. The van der Waals surface area contributed by atoms with Crippen LogP contribution >= 0.6 is 0 Å². The Bertz CT molecular complexity index is 1450. The fourth-order valence-corrected chi connectivity index (χ4v) is 6.68. The normalized spacial score (nSPS) is 24.9. The molecule has 6 rings (SSSR count). The number of hydrogen-bond donors (Lipinski definition) is 1. The average Bonchev–Trinajstić information content (AvgIpc) is 3.63. The van der Waals surface area contributed by atoms with E-state index in [2.05, 4.69) is 17.4 Å². The van der Waals surface area contributed by atoms with Crippen molar-refractivity contribution in [1.29, 1.82) is 0 Å². The summed E-state index contributed by atoms with van der Waals surface area (Å²) >= 11 is 0. The van der Waals surface area contributed by atoms with Crippen molar-refractivity contribution in [1.82, 2.24) is 0 Å². The monoisotopic (exact) mass is 524 g/mol. The number of anilines is 2. The largest absolute Gasteiger partial charge is 0.497 e. The van der Waals surface area contributed by atoms with Crippen LogP contribution in [0.15, 0.2) is 78.9 Å². The molecule has 1 saturated heterocycles. The number of rotatable bonds is 7. The SMILES string of the molecule is COc1cccc(NC(=O)COC(=O)c2cccc(N3C(=O)[C@@H]4[C@@H]5C[C@@H]([C@@H]4C3=O)[C@@H](c3ccccc3)C5)c2)c1. The molecule has 8 heteroatoms. The van der Waals surface area contributed by atoms with Gasteiger partial charge in [0.25, 0.3) is 5.91 Å². The summed E-state index contributed by atoms with van der Waals surface area (Å²) in [6.45, 7) is -0.490. The summed E-state index contributed by atoms with van der Waals surface area (Å²) < 4.78 is 10.3. The minimum atomic E-state index is -0.721. The number of imide groups is 1. The summed E-state index contributed by atoms with van der Waals surface area (Å²) in [6, 6.07) is 23.3. The number of nitrogens with one attached hydrogen (secondary N) is 1. The summed E-state index contributed by atoms with van der Waals surface area (Å²) in [5.41, 5.74) is 2.25. The highest BCUT2D eigenvalue weighted by atomic mass is 16.5. The first-order valence-electron chi connectivity index (χ1n) is 13.1. The zero-order valence-electron chi connectivity index (χ0n) is 21.4. The second-order valence-electron chi connectivity index (χ2n) is 10.4. The molecule has 3 fully saturated rings. The van der Waals surface area contributed by atoms with Gasteiger partial charge in [-0.1, -0.05) is 42.5 Å². The third kappa shape index (κ3) is 4.46. The van der Waals surface area contributed by atoms with Gasteiger partial charge in [0.1, 0.15) is 5.75 Å². The maximum atomic E-state index is 13.6. The van der Waals surface area contributed by atoms with Gasteiger partial charge in [0, 0.05) is 11.8 Å². The highest BCUT2D eigenvalue weighted by Gasteiger charge is 2.64. The number of amides is 3. The zero-order valence-corrected chi connectivity index (χ0v) is 21.4. The lowest BCUT2D eigenvalue weighted by Crippen LogP contribution is -2.33. The molecule has 198 valence electrons. The Hall–Kier alpha value is -4.46. The van der Waals surface area contributed by atoms with Crippen LogP contribution in [0.3, 0.4) is 0 Å². The Labute approximate surface area is 225 Å². The molecule has 1 N–H and O–H groups in total. The highest BCUT2D eigenvalue weighted by molar-refractivity contribution is 6.23. The van der Waals surface area contributed by atoms with Crippen LogP contribution in [0.25, 0.3) is 0 Å². The van der Waals surface area contributed by atoms with Crippen molar-refractivity contribution in [2.75, 3.05) is 23.9 Å². The van der Waals surface area contributed by atoms with Crippen molar-refractivity contribution in [3.05, 3.63) is 90.0 Å². The number of carbonyl (C=O) groups is 4. The van der Waals surface area contributed by atoms with E-state index in [-0.39, 0.29) is 47.0 Å². The molecular formula is C31H28N2O6. The number of benzene rings is 3. The van der Waals surface area contributed by atoms with Crippen molar-refractivity contribution in [3.63, 3.8) is 0 Å². The van der Waals surface area contributed by atoms with E-state index in [0.29, 0.717) is 17.1 Å². The van der Waals surface area contributed by atoms with Gasteiger partial charge in [-0.25, -0.2) is 4.79 Å². The van der Waals surface area contributed by atoms with Gasteiger partial charge >= 0.3 is 5.97 Å². The first-order chi connectivity index (χ1) is 18.9. The van der Waals surface area contributed by atoms with Gasteiger partial charge in [-0.3, -0.25) is 19.3 Å². The highest BCUT2D eigenvalue weighted by Crippen LogP contribution is 2.61. The van der Waals surface area contributed by atoms with Crippen LogP contribution in [-0.4, -0.2) is 37.4 Å². The van der Waals surface area contributed by atoms with Gasteiger partial charge < -0.3 is 14.8 Å². The molecule has 3 aliphatic rings. The van der Waals surface area contributed by atoms with Gasteiger partial charge in [-0.2, -0.15) is 0 Å². The Kier molecular flexibility index (Phi) is 6.38. The molecule has 0 radical (unpaired) electrons. The summed E-state index contributed by atoms with van der Waals surface area (Å²) in [7, 11) is 1.53. The molecule has 3 amide bonds. The molecule has 0 unspecified atom stereocenters. The van der Waals surface area contributed by atoms with Crippen molar-refractivity contribution < 1.29 is 28.7 Å². The minimum absolute atomic E-state index is 0.139. The average molecular weight is 525 g/mol. The second-order valence-corrected chi connectivity index (χ2v) is 10.4. The molecule has 3 aromatic rings. The lowest BCUT2D eigenvalue weighted by molar-refractivity contribution is -0.123. The van der Waals surface area contributed by atoms with Crippen LogP contribution in [0.1, 0.15) is 34.7 Å². The molecule has 1 aliphatic heterocycles. The molecule has 2 saturated carbocycles. The fourth-order valence-electron chi connectivity index (χ4n) is 6.68. The van der Waals surface area contributed by atoms with Crippen molar-refractivity contribution in [2.24, 2.45) is 23.7 Å². The number of carbonyl (C=O) groups excluding carboxylic acids is 4. The Balaban J connectivity index is 1.13. The molecule has 2 aliphatic carbocycles. The molecule has 0 aromatic heterocycles. The molecule has 2 bridgehead atoms. The van der Waals surface area contributed by atoms with Crippen LogP contribution in [0.2, 0.25) is 0 Å². The Morgan fingerprint density at radius 1 is 0.897 bits per heavy atom. The van der Waals surface area contributed by atoms with E-state index >= 15 is 0 Å². The summed E-state index contributed by atoms with van der Waals surface area (Å²) in [5, 5.41) is 2.65. The number of nitrogens with zero attached hydrogens (tertiary/aromatic N) is 1. The standard InChI is InChI=1S/C31H28N2O6/c1-38-23-12-6-10-21(16-23)32-26(34)17-39-31(37)19-9-5-11-22(13-19)33-29(35)27-20-14-24(18-7-3-2-4-8-18)25(15-20)28(27)30(33)36/h2-13,16,20,24-25,27-28H,14-15,17H2,1H3,(H,32,34)/t20-,24+,25+,27+,28-/m0/s1. The summed E-state index contributed by atoms with van der Waals surface area (Å²) in [4.78, 5) is 53.3. The summed E-state index contributed by atoms with van der Waals surface area (Å²) in [6.07, 6.45) is 1.80. The van der Waals surface area contributed by atoms with Crippen LogP contribution in [0.5, 0.6) is 5.75 Å². The van der Waals surface area contributed by atoms with Gasteiger partial charge in [-0.05, 0) is 66.5 Å². The molecular weight excluding hydrogens is 496 g/mol. The van der Waals surface area contributed by atoms with E-state index in [4.69, 9.17) is 9.47 Å². The van der Waals surface area contributed by atoms with Crippen LogP contribution in [0.4, 0.5) is 11.4 Å². The molecule has 3 aromatic carbocycles. The van der Waals surface area contributed by atoms with E-state index in [1.54, 1.807) is 36.4 Å². The van der Waals surface area contributed by atoms with Crippen LogP contribution in [-0.2, 0) is 19.1 Å². The van der Waals surface area contributed by atoms with Crippen molar-refractivity contribution in [2.45, 2.75) is 18.8 Å². The predicted octanol–water partition coefficient (Wildman–Crippen LogP) is 4.42. The van der Waals surface area contributed by atoms with E-state index in [0.717, 1.165) is 12.8 Å². The van der Waals surface area contributed by atoms with E-state index in [1.165, 1.54) is 29.7 Å². The quantitative estimate of drug-likeness (QED) is 0.363. The van der Waals surface area contributed by atoms with Gasteiger partial charge in [0.2, 0.25) is 11.8 Å². The smallest absolute Gasteiger partial charge is 0.338 e. The first-order valence-corrected chi connectivity index (χ1v) is 13.1. The topological polar surface area (TPSA) is 102 Å². The van der Waals surface area contributed by atoms with Crippen molar-refractivity contribution >= 4 is 35.1 Å². The number of ether oxygens (including phenoxy) is 2. The number of fused-ring (bicyclic) bond motifs is 5. The minimum Gasteiger partial charge on any atom is -0.497 e. The van der Waals surface area contributed by atoms with E-state index < -0.39 is 18.5 Å². The molecule has 0 spiro atoms. The lowest BCUT2D eigenvalue weighted by Gasteiger charge is -2.28. The second kappa shape index (κ2) is 10.0. The number of hydrogen-bond acceptors (Lipinski definition) is 6. The maximum Gasteiger partial charge on any atom is 0.338 e. The molecule has 1 heterocycles.